The molecule has 1 atom stereocenters. The number of rotatable bonds is 5. The number of methoxy groups -OCH3 is 1. The first kappa shape index (κ1) is 12.7. The minimum absolute atomic E-state index is 0.122. The van der Waals surface area contributed by atoms with E-state index in [9.17, 15) is 9.59 Å². The Bertz CT molecular complexity index is 364. The van der Waals surface area contributed by atoms with Gasteiger partial charge >= 0.3 is 5.97 Å². The van der Waals surface area contributed by atoms with Crippen molar-refractivity contribution in [1.82, 2.24) is 5.32 Å². The maximum absolute atomic E-state index is 11.1. The molecule has 0 saturated carbocycles. The molecule has 1 unspecified atom stereocenters. The maximum Gasteiger partial charge on any atom is 0.307 e. The fourth-order valence-electron chi connectivity index (χ4n) is 1.30. The summed E-state index contributed by atoms with van der Waals surface area (Å²) in [5, 5.41) is 2.59. The number of halogens is 1. The molecular weight excluding hydrogens is 274 g/mol. The van der Waals surface area contributed by atoms with E-state index in [-0.39, 0.29) is 18.4 Å². The van der Waals surface area contributed by atoms with Gasteiger partial charge in [-0.15, -0.1) is 0 Å². The number of hydrogen-bond donors (Lipinski definition) is 1. The van der Waals surface area contributed by atoms with Gasteiger partial charge < -0.3 is 10.1 Å². The lowest BCUT2D eigenvalue weighted by molar-refractivity contribution is -0.141. The lowest BCUT2D eigenvalue weighted by Gasteiger charge is -2.15. The summed E-state index contributed by atoms with van der Waals surface area (Å²) in [4.78, 5) is 21.6. The number of hydrogen-bond acceptors (Lipinski definition) is 3. The molecule has 4 nitrogen and oxygen atoms in total. The lowest BCUT2D eigenvalue weighted by Crippen LogP contribution is -2.23. The van der Waals surface area contributed by atoms with Gasteiger partial charge in [-0.3, -0.25) is 9.59 Å². The van der Waals surface area contributed by atoms with Gasteiger partial charge in [-0.05, 0) is 17.7 Å². The van der Waals surface area contributed by atoms with Crippen LogP contribution < -0.4 is 5.32 Å². The molecule has 1 amide bonds. The number of esters is 1. The molecule has 1 aromatic rings. The van der Waals surface area contributed by atoms with E-state index in [2.05, 4.69) is 26.0 Å². The predicted molar refractivity (Wildman–Crippen MR) is 62.7 cm³/mol. The summed E-state index contributed by atoms with van der Waals surface area (Å²) in [5.41, 5.74) is 0.862. The molecule has 16 heavy (non-hydrogen) atoms. The van der Waals surface area contributed by atoms with Gasteiger partial charge in [0.1, 0.15) is 0 Å². The van der Waals surface area contributed by atoms with E-state index in [0.717, 1.165) is 10.0 Å². The molecule has 1 aromatic carbocycles. The van der Waals surface area contributed by atoms with E-state index in [1.165, 1.54) is 7.11 Å². The van der Waals surface area contributed by atoms with Crippen molar-refractivity contribution >= 4 is 28.3 Å². The van der Waals surface area contributed by atoms with Crippen LogP contribution in [-0.2, 0) is 14.3 Å². The lowest BCUT2D eigenvalue weighted by atomic mass is 10.0. The molecule has 0 fully saturated rings. The van der Waals surface area contributed by atoms with Crippen molar-refractivity contribution in [1.29, 1.82) is 0 Å². The highest BCUT2D eigenvalue weighted by atomic mass is 79.9. The number of ether oxygens (including phenoxy) is 1. The van der Waals surface area contributed by atoms with Crippen molar-refractivity contribution < 1.29 is 14.3 Å². The molecule has 5 heteroatoms. The van der Waals surface area contributed by atoms with Gasteiger partial charge in [0.15, 0.2) is 0 Å². The van der Waals surface area contributed by atoms with E-state index >= 15 is 0 Å². The Morgan fingerprint density at radius 1 is 1.50 bits per heavy atom. The average Bonchev–Trinajstić information content (AvgIpc) is 2.29. The van der Waals surface area contributed by atoms with Crippen molar-refractivity contribution in [3.63, 3.8) is 0 Å². The molecule has 1 rings (SSSR count). The number of carbonyl (C=O) groups excluding carboxylic acids is 2. The third-order valence-corrected chi connectivity index (χ3v) is 2.67. The number of nitrogens with one attached hydrogen (secondary N) is 1. The number of carbonyl (C=O) groups is 2. The number of benzene rings is 1. The van der Waals surface area contributed by atoms with Gasteiger partial charge in [0, 0.05) is 4.47 Å². The van der Waals surface area contributed by atoms with E-state index in [1.54, 1.807) is 0 Å². The Morgan fingerprint density at radius 3 is 2.62 bits per heavy atom. The fourth-order valence-corrected chi connectivity index (χ4v) is 1.56. The van der Waals surface area contributed by atoms with Crippen LogP contribution in [0.2, 0.25) is 0 Å². The molecule has 0 aromatic heterocycles. The Balaban J connectivity index is 2.80. The molecule has 0 bridgehead atoms. The maximum atomic E-state index is 11.1. The van der Waals surface area contributed by atoms with Crippen LogP contribution in [0.3, 0.4) is 0 Å². The highest BCUT2D eigenvalue weighted by Gasteiger charge is 2.15. The summed E-state index contributed by atoms with van der Waals surface area (Å²) in [6.07, 6.45) is 0.701. The monoisotopic (exact) mass is 285 g/mol. The molecule has 0 saturated heterocycles. The first-order valence-corrected chi connectivity index (χ1v) is 5.48. The minimum atomic E-state index is -0.359. The quantitative estimate of drug-likeness (QED) is 0.663. The zero-order valence-corrected chi connectivity index (χ0v) is 10.4. The average molecular weight is 286 g/mol. The van der Waals surface area contributed by atoms with Gasteiger partial charge in [-0.2, -0.15) is 0 Å². The first-order valence-electron chi connectivity index (χ1n) is 4.69. The third kappa shape index (κ3) is 3.66. The molecular formula is C11H12BrNO3. The van der Waals surface area contributed by atoms with Crippen LogP contribution in [-0.4, -0.2) is 19.5 Å². The minimum Gasteiger partial charge on any atom is -0.469 e. The Labute approximate surface area is 102 Å². The predicted octanol–water partition coefficient (Wildman–Crippen LogP) is 1.80. The van der Waals surface area contributed by atoms with Gasteiger partial charge in [-0.25, -0.2) is 0 Å². The molecule has 1 N–H and O–H groups in total. The van der Waals surface area contributed by atoms with Gasteiger partial charge in [0.2, 0.25) is 6.41 Å². The zero-order valence-electron chi connectivity index (χ0n) is 8.77. The van der Waals surface area contributed by atoms with Crippen molar-refractivity contribution in [2.24, 2.45) is 0 Å². The smallest absolute Gasteiger partial charge is 0.307 e. The molecule has 86 valence electrons. The second kappa shape index (κ2) is 6.27. The standard InChI is InChI=1S/C11H12BrNO3/c1-16-11(15)6-10(13-7-14)8-2-4-9(12)5-3-8/h2-5,7,10H,6H2,1H3,(H,13,14). The first-order chi connectivity index (χ1) is 7.67. The summed E-state index contributed by atoms with van der Waals surface area (Å²) in [7, 11) is 1.32. The molecule has 0 aliphatic carbocycles. The SMILES string of the molecule is COC(=O)CC(NC=O)c1ccc(Br)cc1. The highest BCUT2D eigenvalue weighted by molar-refractivity contribution is 9.10. The molecule has 0 heterocycles. The third-order valence-electron chi connectivity index (χ3n) is 2.14. The molecule has 0 aliphatic rings. The van der Waals surface area contributed by atoms with Crippen molar-refractivity contribution in [2.45, 2.75) is 12.5 Å². The van der Waals surface area contributed by atoms with Gasteiger partial charge in [0.05, 0.1) is 19.6 Å². The Morgan fingerprint density at radius 2 is 2.12 bits per heavy atom. The topological polar surface area (TPSA) is 55.4 Å². The van der Waals surface area contributed by atoms with Crippen LogP contribution in [0.4, 0.5) is 0 Å². The second-order valence-corrected chi connectivity index (χ2v) is 4.08. The Kier molecular flexibility index (Phi) is 4.98. The molecule has 0 radical (unpaired) electrons. The van der Waals surface area contributed by atoms with E-state index in [1.807, 2.05) is 24.3 Å². The van der Waals surface area contributed by atoms with Crippen LogP contribution in [0.25, 0.3) is 0 Å². The summed E-state index contributed by atoms with van der Waals surface area (Å²) >= 11 is 3.32. The summed E-state index contributed by atoms with van der Waals surface area (Å²) < 4.78 is 5.51. The normalized spacial score (nSPS) is 11.6. The Hall–Kier alpha value is -1.36. The van der Waals surface area contributed by atoms with Crippen molar-refractivity contribution in [2.75, 3.05) is 7.11 Å². The van der Waals surface area contributed by atoms with Crippen LogP contribution in [0, 0.1) is 0 Å². The fraction of sp³-hybridized carbons (Fsp3) is 0.273. The molecule has 0 aliphatic heterocycles. The summed E-state index contributed by atoms with van der Waals surface area (Å²) in [6, 6.07) is 7.04. The number of amides is 1. The van der Waals surface area contributed by atoms with Crippen molar-refractivity contribution in [3.05, 3.63) is 34.3 Å². The van der Waals surface area contributed by atoms with Crippen LogP contribution in [0.1, 0.15) is 18.0 Å². The summed E-state index contributed by atoms with van der Waals surface area (Å²) in [6.45, 7) is 0. The summed E-state index contributed by atoms with van der Waals surface area (Å²) in [5.74, 6) is -0.359. The van der Waals surface area contributed by atoms with Crippen LogP contribution >= 0.6 is 15.9 Å². The zero-order chi connectivity index (χ0) is 12.0. The van der Waals surface area contributed by atoms with Gasteiger partial charge in [-0.1, -0.05) is 28.1 Å². The second-order valence-electron chi connectivity index (χ2n) is 3.17. The van der Waals surface area contributed by atoms with E-state index in [0.29, 0.717) is 6.41 Å². The highest BCUT2D eigenvalue weighted by Crippen LogP contribution is 2.19. The largest absolute Gasteiger partial charge is 0.469 e. The van der Waals surface area contributed by atoms with Crippen LogP contribution in [0.15, 0.2) is 28.7 Å². The van der Waals surface area contributed by atoms with Crippen molar-refractivity contribution in [3.8, 4) is 0 Å². The molecule has 0 spiro atoms. The van der Waals surface area contributed by atoms with Crippen LogP contribution in [0.5, 0.6) is 0 Å². The van der Waals surface area contributed by atoms with E-state index < -0.39 is 0 Å². The van der Waals surface area contributed by atoms with E-state index in [4.69, 9.17) is 0 Å². The van der Waals surface area contributed by atoms with Gasteiger partial charge in [0.25, 0.3) is 0 Å².